The van der Waals surface area contributed by atoms with Gasteiger partial charge in [-0.2, -0.15) is 0 Å². The summed E-state index contributed by atoms with van der Waals surface area (Å²) in [6, 6.07) is 6.07. The Morgan fingerprint density at radius 2 is 2.04 bits per heavy atom. The predicted molar refractivity (Wildman–Crippen MR) is 89.8 cm³/mol. The maximum atomic E-state index is 13.0. The second kappa shape index (κ2) is 8.17. The Morgan fingerprint density at radius 3 is 2.76 bits per heavy atom. The van der Waals surface area contributed by atoms with E-state index in [1.54, 1.807) is 23.0 Å². The molecule has 1 aliphatic heterocycles. The molecular formula is C17H22FN5O2. The highest BCUT2D eigenvalue weighted by atomic mass is 19.1. The molecule has 0 aliphatic carbocycles. The molecule has 0 saturated carbocycles. The van der Waals surface area contributed by atoms with Crippen LogP contribution in [0.2, 0.25) is 0 Å². The smallest absolute Gasteiger partial charge is 0.273 e. The third-order valence-electron chi connectivity index (χ3n) is 4.31. The van der Waals surface area contributed by atoms with Crippen molar-refractivity contribution in [3.05, 3.63) is 47.5 Å². The third kappa shape index (κ3) is 4.61. The summed E-state index contributed by atoms with van der Waals surface area (Å²) in [5, 5.41) is 10.8. The fourth-order valence-corrected chi connectivity index (χ4v) is 2.71. The number of ether oxygens (including phenoxy) is 1. The first-order chi connectivity index (χ1) is 12.1. The zero-order chi connectivity index (χ0) is 17.6. The van der Waals surface area contributed by atoms with E-state index in [1.165, 1.54) is 12.1 Å². The first-order valence-corrected chi connectivity index (χ1v) is 8.39. The maximum Gasteiger partial charge on any atom is 0.273 e. The fraction of sp³-hybridized carbons (Fsp3) is 0.471. The van der Waals surface area contributed by atoms with Gasteiger partial charge in [0.1, 0.15) is 5.82 Å². The Morgan fingerprint density at radius 1 is 1.32 bits per heavy atom. The minimum absolute atomic E-state index is 0.136. The minimum Gasteiger partial charge on any atom is -0.379 e. The number of halogens is 1. The minimum atomic E-state index is -0.283. The molecule has 2 heterocycles. The number of rotatable bonds is 6. The number of morpholine rings is 1. The van der Waals surface area contributed by atoms with Gasteiger partial charge in [-0.1, -0.05) is 17.3 Å². The van der Waals surface area contributed by atoms with E-state index < -0.39 is 0 Å². The molecule has 1 aliphatic rings. The predicted octanol–water partition coefficient (Wildman–Crippen LogP) is 1.09. The van der Waals surface area contributed by atoms with Crippen LogP contribution in [0.25, 0.3) is 0 Å². The second-order valence-corrected chi connectivity index (χ2v) is 6.02. The summed E-state index contributed by atoms with van der Waals surface area (Å²) in [6.45, 7) is 6.52. The molecule has 1 saturated heterocycles. The standard InChI is InChI=1S/C17H22FN5O2/c1-13(14-2-4-15(18)5-3-14)23-12-16(20-21-23)17(24)19-6-7-22-8-10-25-11-9-22/h2-5,12-13H,6-11H2,1H3,(H,19,24). The first kappa shape index (κ1) is 17.5. The molecule has 1 unspecified atom stereocenters. The summed E-state index contributed by atoms with van der Waals surface area (Å²) in [5.74, 6) is -0.527. The van der Waals surface area contributed by atoms with E-state index >= 15 is 0 Å². The van der Waals surface area contributed by atoms with Gasteiger partial charge in [-0.05, 0) is 24.6 Å². The number of benzene rings is 1. The zero-order valence-electron chi connectivity index (χ0n) is 14.2. The van der Waals surface area contributed by atoms with Crippen LogP contribution >= 0.6 is 0 Å². The molecule has 1 amide bonds. The van der Waals surface area contributed by atoms with Crippen molar-refractivity contribution in [3.8, 4) is 0 Å². The van der Waals surface area contributed by atoms with Gasteiger partial charge < -0.3 is 10.1 Å². The Labute approximate surface area is 145 Å². The molecule has 2 aromatic rings. The van der Waals surface area contributed by atoms with E-state index in [-0.39, 0.29) is 23.5 Å². The third-order valence-corrected chi connectivity index (χ3v) is 4.31. The topological polar surface area (TPSA) is 72.3 Å². The Bertz CT molecular complexity index is 697. The van der Waals surface area contributed by atoms with Crippen LogP contribution in [-0.2, 0) is 4.74 Å². The van der Waals surface area contributed by atoms with Crippen LogP contribution in [0.1, 0.15) is 29.0 Å². The van der Waals surface area contributed by atoms with Gasteiger partial charge in [-0.3, -0.25) is 9.69 Å². The number of carbonyl (C=O) groups excluding carboxylic acids is 1. The van der Waals surface area contributed by atoms with Gasteiger partial charge in [0.25, 0.3) is 5.91 Å². The summed E-state index contributed by atoms with van der Waals surface area (Å²) in [4.78, 5) is 14.4. The van der Waals surface area contributed by atoms with Crippen molar-refractivity contribution in [2.24, 2.45) is 0 Å². The monoisotopic (exact) mass is 347 g/mol. The van der Waals surface area contributed by atoms with Gasteiger partial charge in [-0.15, -0.1) is 5.10 Å². The summed E-state index contributed by atoms with van der Waals surface area (Å²) in [5.41, 5.74) is 1.17. The van der Waals surface area contributed by atoms with Crippen LogP contribution in [0.4, 0.5) is 4.39 Å². The van der Waals surface area contributed by atoms with Gasteiger partial charge in [0.15, 0.2) is 5.69 Å². The number of nitrogens with zero attached hydrogens (tertiary/aromatic N) is 4. The number of amides is 1. The molecular weight excluding hydrogens is 325 g/mol. The average Bonchev–Trinajstić information content (AvgIpc) is 3.13. The molecule has 1 fully saturated rings. The van der Waals surface area contributed by atoms with Crippen molar-refractivity contribution < 1.29 is 13.9 Å². The maximum absolute atomic E-state index is 13.0. The Kier molecular flexibility index (Phi) is 5.72. The summed E-state index contributed by atoms with van der Waals surface area (Å²) >= 11 is 0. The highest BCUT2D eigenvalue weighted by Gasteiger charge is 2.16. The Hall–Kier alpha value is -2.32. The number of hydrogen-bond donors (Lipinski definition) is 1. The lowest BCUT2D eigenvalue weighted by Crippen LogP contribution is -2.41. The van der Waals surface area contributed by atoms with Crippen molar-refractivity contribution in [2.45, 2.75) is 13.0 Å². The van der Waals surface area contributed by atoms with E-state index in [2.05, 4.69) is 20.5 Å². The number of nitrogens with one attached hydrogen (secondary N) is 1. The van der Waals surface area contributed by atoms with Crippen molar-refractivity contribution in [1.29, 1.82) is 0 Å². The lowest BCUT2D eigenvalue weighted by atomic mass is 10.1. The fourth-order valence-electron chi connectivity index (χ4n) is 2.71. The zero-order valence-corrected chi connectivity index (χ0v) is 14.2. The van der Waals surface area contributed by atoms with Gasteiger partial charge in [0.05, 0.1) is 25.5 Å². The quantitative estimate of drug-likeness (QED) is 0.847. The molecule has 3 rings (SSSR count). The van der Waals surface area contributed by atoms with Crippen LogP contribution < -0.4 is 5.32 Å². The van der Waals surface area contributed by atoms with Crippen molar-refractivity contribution in [1.82, 2.24) is 25.2 Å². The second-order valence-electron chi connectivity index (χ2n) is 6.02. The van der Waals surface area contributed by atoms with Crippen molar-refractivity contribution in [2.75, 3.05) is 39.4 Å². The summed E-state index contributed by atoms with van der Waals surface area (Å²) in [7, 11) is 0. The summed E-state index contributed by atoms with van der Waals surface area (Å²) in [6.07, 6.45) is 1.61. The first-order valence-electron chi connectivity index (χ1n) is 8.39. The van der Waals surface area contributed by atoms with Gasteiger partial charge in [-0.25, -0.2) is 9.07 Å². The Balaban J connectivity index is 1.53. The van der Waals surface area contributed by atoms with Crippen LogP contribution in [0.3, 0.4) is 0 Å². The molecule has 0 radical (unpaired) electrons. The summed E-state index contributed by atoms with van der Waals surface area (Å²) < 4.78 is 19.9. The molecule has 1 aromatic heterocycles. The van der Waals surface area contributed by atoms with Crippen LogP contribution in [0.5, 0.6) is 0 Å². The van der Waals surface area contributed by atoms with E-state index in [0.717, 1.165) is 38.4 Å². The molecule has 1 atom stereocenters. The highest BCUT2D eigenvalue weighted by Crippen LogP contribution is 2.17. The normalized spacial score (nSPS) is 16.6. The van der Waals surface area contributed by atoms with E-state index in [0.29, 0.717) is 6.54 Å². The number of hydrogen-bond acceptors (Lipinski definition) is 5. The molecule has 7 nitrogen and oxygen atoms in total. The highest BCUT2D eigenvalue weighted by molar-refractivity contribution is 5.91. The van der Waals surface area contributed by atoms with E-state index in [1.807, 2.05) is 6.92 Å². The molecule has 1 N–H and O–H groups in total. The lowest BCUT2D eigenvalue weighted by Gasteiger charge is -2.26. The van der Waals surface area contributed by atoms with Crippen LogP contribution in [0.15, 0.2) is 30.5 Å². The number of carbonyl (C=O) groups is 1. The van der Waals surface area contributed by atoms with Crippen LogP contribution in [0, 0.1) is 5.82 Å². The van der Waals surface area contributed by atoms with Gasteiger partial charge >= 0.3 is 0 Å². The largest absolute Gasteiger partial charge is 0.379 e. The van der Waals surface area contributed by atoms with E-state index in [4.69, 9.17) is 4.74 Å². The number of aromatic nitrogens is 3. The molecule has 0 bridgehead atoms. The molecule has 25 heavy (non-hydrogen) atoms. The van der Waals surface area contributed by atoms with Crippen LogP contribution in [-0.4, -0.2) is 65.2 Å². The lowest BCUT2D eigenvalue weighted by molar-refractivity contribution is 0.0383. The van der Waals surface area contributed by atoms with Crippen molar-refractivity contribution >= 4 is 5.91 Å². The van der Waals surface area contributed by atoms with Crippen molar-refractivity contribution in [3.63, 3.8) is 0 Å². The average molecular weight is 347 g/mol. The van der Waals surface area contributed by atoms with Gasteiger partial charge in [0.2, 0.25) is 0 Å². The molecule has 0 spiro atoms. The van der Waals surface area contributed by atoms with Gasteiger partial charge in [0, 0.05) is 26.2 Å². The van der Waals surface area contributed by atoms with E-state index in [9.17, 15) is 9.18 Å². The molecule has 134 valence electrons. The SMILES string of the molecule is CC(c1ccc(F)cc1)n1cc(C(=O)NCCN2CCOCC2)nn1. The molecule has 8 heteroatoms. The molecule has 1 aromatic carbocycles.